The number of halogens is 5. The fraction of sp³-hybridized carbons (Fsp3) is 0.280. The van der Waals surface area contributed by atoms with Gasteiger partial charge in [-0.3, -0.25) is 4.98 Å². The van der Waals surface area contributed by atoms with Crippen molar-refractivity contribution >= 4 is 51.9 Å². The summed E-state index contributed by atoms with van der Waals surface area (Å²) in [5.41, 5.74) is 1.01. The third-order valence-corrected chi connectivity index (χ3v) is 6.94. The summed E-state index contributed by atoms with van der Waals surface area (Å²) in [6.45, 7) is -2.64. The minimum atomic E-state index is -3.02. The molecule has 2 aromatic carbocycles. The highest BCUT2D eigenvalue weighted by atomic mass is 35.5. The summed E-state index contributed by atoms with van der Waals surface area (Å²) in [4.78, 5) is 17.4. The Morgan fingerprint density at radius 2 is 1.81 bits per heavy atom. The molecular formula is C25H20Cl3F2NO4S. The molecule has 0 aliphatic heterocycles. The Hall–Kier alpha value is -2.26. The number of ether oxygens (including phenoxy) is 3. The third-order valence-electron chi connectivity index (χ3n) is 5.30. The van der Waals surface area contributed by atoms with E-state index < -0.39 is 18.0 Å². The molecule has 11 heteroatoms. The van der Waals surface area contributed by atoms with E-state index in [0.717, 1.165) is 24.6 Å². The molecule has 1 atom stereocenters. The van der Waals surface area contributed by atoms with Crippen molar-refractivity contribution in [1.82, 2.24) is 4.98 Å². The third kappa shape index (κ3) is 7.62. The van der Waals surface area contributed by atoms with Crippen LogP contribution in [0.1, 0.15) is 30.1 Å². The van der Waals surface area contributed by atoms with Crippen molar-refractivity contribution < 1.29 is 27.8 Å². The molecule has 0 bridgehead atoms. The van der Waals surface area contributed by atoms with Gasteiger partial charge in [0.1, 0.15) is 6.10 Å². The fourth-order valence-corrected chi connectivity index (χ4v) is 4.80. The van der Waals surface area contributed by atoms with E-state index in [0.29, 0.717) is 43.6 Å². The van der Waals surface area contributed by atoms with E-state index in [4.69, 9.17) is 44.3 Å². The lowest BCUT2D eigenvalue weighted by molar-refractivity contribution is -0.0515. The molecule has 5 nitrogen and oxygen atoms in total. The van der Waals surface area contributed by atoms with Crippen LogP contribution in [0.2, 0.25) is 15.1 Å². The summed E-state index contributed by atoms with van der Waals surface area (Å²) in [7, 11) is 0. The second-order valence-electron chi connectivity index (χ2n) is 8.04. The molecular weight excluding hydrogens is 555 g/mol. The lowest BCUT2D eigenvalue weighted by Crippen LogP contribution is -2.13. The minimum absolute atomic E-state index is 0.104. The molecule has 0 N–H and O–H groups in total. The highest BCUT2D eigenvalue weighted by molar-refractivity contribution is 8.13. The number of pyridine rings is 1. The first-order valence-electron chi connectivity index (χ1n) is 10.9. The van der Waals surface area contributed by atoms with Crippen molar-refractivity contribution in [2.75, 3.05) is 6.61 Å². The predicted octanol–water partition coefficient (Wildman–Crippen LogP) is 8.64. The van der Waals surface area contributed by atoms with Crippen LogP contribution in [-0.4, -0.2) is 23.5 Å². The van der Waals surface area contributed by atoms with E-state index in [1.807, 2.05) is 0 Å². The second-order valence-corrected chi connectivity index (χ2v) is 10.3. The SMILES string of the molecule is O=C(O[C@@H](Cc1c(Cl)cncc1Cl)c1ccc(OC(F)F)c(OCC2CC2)c1)Sc1cccc(Cl)c1. The van der Waals surface area contributed by atoms with Crippen molar-refractivity contribution in [3.63, 3.8) is 0 Å². The molecule has 1 aliphatic rings. The van der Waals surface area contributed by atoms with E-state index in [9.17, 15) is 13.6 Å². The molecule has 0 amide bonds. The zero-order valence-corrected chi connectivity index (χ0v) is 21.7. The molecule has 3 aromatic rings. The zero-order chi connectivity index (χ0) is 25.7. The van der Waals surface area contributed by atoms with E-state index in [2.05, 4.69) is 9.72 Å². The zero-order valence-electron chi connectivity index (χ0n) is 18.6. The van der Waals surface area contributed by atoms with Crippen LogP contribution in [-0.2, 0) is 11.2 Å². The summed E-state index contributed by atoms with van der Waals surface area (Å²) in [5.74, 6) is 0.410. The largest absolute Gasteiger partial charge is 0.489 e. The Morgan fingerprint density at radius 1 is 1.06 bits per heavy atom. The topological polar surface area (TPSA) is 57.7 Å². The first-order valence-corrected chi connectivity index (χ1v) is 12.9. The molecule has 1 fully saturated rings. The lowest BCUT2D eigenvalue weighted by atomic mass is 10.0. The number of thioether (sulfide) groups is 1. The molecule has 1 aliphatic carbocycles. The summed E-state index contributed by atoms with van der Waals surface area (Å²) in [6, 6.07) is 11.2. The van der Waals surface area contributed by atoms with Crippen molar-refractivity contribution in [3.8, 4) is 11.5 Å². The Labute approximate surface area is 226 Å². The average Bonchev–Trinajstić information content (AvgIpc) is 3.64. The smallest absolute Gasteiger partial charge is 0.387 e. The van der Waals surface area contributed by atoms with E-state index in [-0.39, 0.29) is 17.9 Å². The number of nitrogens with zero attached hydrogens (tertiary/aromatic N) is 1. The Bertz CT molecular complexity index is 1210. The monoisotopic (exact) mass is 573 g/mol. The second kappa shape index (κ2) is 12.3. The van der Waals surface area contributed by atoms with Gasteiger partial charge in [0.25, 0.3) is 0 Å². The summed E-state index contributed by atoms with van der Waals surface area (Å²) in [6.07, 6.45) is 4.15. The maximum absolute atomic E-state index is 13.0. The highest BCUT2D eigenvalue weighted by Crippen LogP contribution is 2.38. The Morgan fingerprint density at radius 3 is 2.47 bits per heavy atom. The molecule has 4 rings (SSSR count). The van der Waals surface area contributed by atoms with Gasteiger partial charge in [0.05, 0.1) is 16.7 Å². The molecule has 0 unspecified atom stereocenters. The molecule has 1 heterocycles. The Kier molecular flexibility index (Phi) is 9.17. The van der Waals surface area contributed by atoms with Crippen LogP contribution in [0.15, 0.2) is 59.8 Å². The maximum atomic E-state index is 13.0. The molecule has 1 aromatic heterocycles. The van der Waals surface area contributed by atoms with Gasteiger partial charge in [-0.25, -0.2) is 4.79 Å². The van der Waals surface area contributed by atoms with Crippen molar-refractivity contribution in [2.24, 2.45) is 5.92 Å². The number of hydrogen-bond acceptors (Lipinski definition) is 6. The molecule has 0 radical (unpaired) electrons. The maximum Gasteiger partial charge on any atom is 0.387 e. The van der Waals surface area contributed by atoms with Crippen molar-refractivity contribution in [1.29, 1.82) is 0 Å². The Balaban J connectivity index is 1.63. The fourth-order valence-electron chi connectivity index (χ4n) is 3.34. The molecule has 1 saturated carbocycles. The average molecular weight is 575 g/mol. The van der Waals surface area contributed by atoms with Gasteiger partial charge in [0, 0.05) is 28.7 Å². The van der Waals surface area contributed by atoms with Gasteiger partial charge in [-0.15, -0.1) is 0 Å². The molecule has 0 saturated heterocycles. The summed E-state index contributed by atoms with van der Waals surface area (Å²) >= 11 is 19.5. The number of alkyl halides is 2. The van der Waals surface area contributed by atoms with Gasteiger partial charge < -0.3 is 14.2 Å². The number of aromatic nitrogens is 1. The number of carbonyl (C=O) groups excluding carboxylic acids is 1. The van der Waals surface area contributed by atoms with Crippen LogP contribution < -0.4 is 9.47 Å². The van der Waals surface area contributed by atoms with E-state index >= 15 is 0 Å². The van der Waals surface area contributed by atoms with Gasteiger partial charge in [0.2, 0.25) is 0 Å². The normalized spacial score (nSPS) is 13.9. The van der Waals surface area contributed by atoms with Crippen LogP contribution >= 0.6 is 46.6 Å². The minimum Gasteiger partial charge on any atom is -0.489 e. The van der Waals surface area contributed by atoms with Gasteiger partial charge in [-0.2, -0.15) is 8.78 Å². The van der Waals surface area contributed by atoms with Gasteiger partial charge in [0.15, 0.2) is 11.5 Å². The molecule has 0 spiro atoms. The van der Waals surface area contributed by atoms with E-state index in [1.165, 1.54) is 30.6 Å². The van der Waals surface area contributed by atoms with Crippen LogP contribution in [0.5, 0.6) is 11.5 Å². The van der Waals surface area contributed by atoms with Crippen LogP contribution in [0.3, 0.4) is 0 Å². The highest BCUT2D eigenvalue weighted by Gasteiger charge is 2.26. The van der Waals surface area contributed by atoms with Gasteiger partial charge in [-0.05, 0) is 72.0 Å². The first-order chi connectivity index (χ1) is 17.3. The number of hydrogen-bond donors (Lipinski definition) is 0. The van der Waals surface area contributed by atoms with Crippen molar-refractivity contribution in [3.05, 3.63) is 81.1 Å². The van der Waals surface area contributed by atoms with Crippen LogP contribution in [0, 0.1) is 5.92 Å². The van der Waals surface area contributed by atoms with Crippen LogP contribution in [0.4, 0.5) is 13.6 Å². The van der Waals surface area contributed by atoms with E-state index in [1.54, 1.807) is 24.3 Å². The number of carbonyl (C=O) groups is 1. The number of rotatable bonds is 10. The standard InChI is InChI=1S/C25H20Cl3F2NO4S/c26-16-2-1-3-17(9-16)36-25(32)35-22(10-18-19(27)11-31-12-20(18)28)15-6-7-21(34-24(29)30)23(8-15)33-13-14-4-5-14/h1-3,6-9,11-12,14,22,24H,4-5,10,13H2/t22-/m0/s1. The summed E-state index contributed by atoms with van der Waals surface area (Å²) < 4.78 is 42.1. The van der Waals surface area contributed by atoms with Crippen molar-refractivity contribution in [2.45, 2.75) is 36.9 Å². The van der Waals surface area contributed by atoms with Crippen LogP contribution in [0.25, 0.3) is 0 Å². The molecule has 190 valence electrons. The number of benzene rings is 2. The quantitative estimate of drug-likeness (QED) is 0.178. The lowest BCUT2D eigenvalue weighted by Gasteiger charge is -2.21. The first kappa shape index (κ1) is 26.8. The molecule has 36 heavy (non-hydrogen) atoms. The van der Waals surface area contributed by atoms with Gasteiger partial charge in [-0.1, -0.05) is 46.9 Å². The summed E-state index contributed by atoms with van der Waals surface area (Å²) in [5, 5.41) is 0.478. The van der Waals surface area contributed by atoms with Gasteiger partial charge >= 0.3 is 11.9 Å². The predicted molar refractivity (Wildman–Crippen MR) is 136 cm³/mol.